The van der Waals surface area contributed by atoms with Gasteiger partial charge in [-0.15, -0.1) is 0 Å². The van der Waals surface area contributed by atoms with Gasteiger partial charge in [-0.3, -0.25) is 9.59 Å². The van der Waals surface area contributed by atoms with Crippen molar-refractivity contribution in [3.05, 3.63) is 0 Å². The molecule has 0 aromatic carbocycles. The summed E-state index contributed by atoms with van der Waals surface area (Å²) in [4.78, 5) is 23.9. The molecule has 1 aliphatic heterocycles. The number of likely N-dealkylation sites (tertiary alicyclic amines) is 1. The van der Waals surface area contributed by atoms with Gasteiger partial charge in [0.2, 0.25) is 5.91 Å². The summed E-state index contributed by atoms with van der Waals surface area (Å²) in [6, 6.07) is 0. The van der Waals surface area contributed by atoms with Gasteiger partial charge in [-0.2, -0.15) is 0 Å². The molecular formula is C11H20N2O3. The number of Topliss-reactive ketones (excluding diaryl/α,β-unsaturated/α-hetero) is 1. The van der Waals surface area contributed by atoms with Gasteiger partial charge in [-0.1, -0.05) is 0 Å². The van der Waals surface area contributed by atoms with Crippen LogP contribution < -0.4 is 5.73 Å². The number of carbonyl (C=O) groups is 2. The Morgan fingerprint density at radius 2 is 2.25 bits per heavy atom. The van der Waals surface area contributed by atoms with Crippen LogP contribution in [-0.4, -0.2) is 48.9 Å². The molecule has 0 aliphatic carbocycles. The number of piperidine rings is 1. The monoisotopic (exact) mass is 228 g/mol. The minimum atomic E-state index is -0.0279. The van der Waals surface area contributed by atoms with E-state index in [4.69, 9.17) is 10.5 Å². The average molecular weight is 228 g/mol. The molecule has 0 saturated carbocycles. The zero-order chi connectivity index (χ0) is 12.0. The second-order valence-corrected chi connectivity index (χ2v) is 4.13. The summed E-state index contributed by atoms with van der Waals surface area (Å²) in [5.74, 6) is 0.102. The molecule has 92 valence electrons. The molecule has 1 saturated heterocycles. The molecule has 16 heavy (non-hydrogen) atoms. The van der Waals surface area contributed by atoms with Crippen molar-refractivity contribution in [1.29, 1.82) is 0 Å². The number of nitrogens with two attached hydrogens (primary N) is 1. The first-order valence-corrected chi connectivity index (χ1v) is 5.72. The summed E-state index contributed by atoms with van der Waals surface area (Å²) >= 11 is 0. The maximum atomic E-state index is 11.4. The van der Waals surface area contributed by atoms with Crippen molar-refractivity contribution < 1.29 is 14.3 Å². The van der Waals surface area contributed by atoms with E-state index in [9.17, 15) is 9.59 Å². The Hall–Kier alpha value is -0.940. The van der Waals surface area contributed by atoms with Gasteiger partial charge in [0.15, 0.2) is 0 Å². The molecule has 5 heteroatoms. The Bertz CT molecular complexity index is 256. The fraction of sp³-hybridized carbons (Fsp3) is 0.818. The minimum Gasteiger partial charge on any atom is -0.376 e. The highest BCUT2D eigenvalue weighted by molar-refractivity contribution is 5.78. The number of carbonyl (C=O) groups excluding carboxylic acids is 2. The largest absolute Gasteiger partial charge is 0.376 e. The molecule has 2 N–H and O–H groups in total. The lowest BCUT2D eigenvalue weighted by atomic mass is 10.1. The van der Waals surface area contributed by atoms with E-state index in [1.165, 1.54) is 0 Å². The highest BCUT2D eigenvalue weighted by Crippen LogP contribution is 2.13. The summed E-state index contributed by atoms with van der Waals surface area (Å²) < 4.78 is 5.56. The van der Waals surface area contributed by atoms with Crippen molar-refractivity contribution in [2.45, 2.75) is 32.3 Å². The molecule has 0 aromatic heterocycles. The fourth-order valence-corrected chi connectivity index (χ4v) is 1.80. The Kier molecular flexibility index (Phi) is 5.42. The van der Waals surface area contributed by atoms with Crippen LogP contribution in [0.2, 0.25) is 0 Å². The van der Waals surface area contributed by atoms with Gasteiger partial charge >= 0.3 is 0 Å². The van der Waals surface area contributed by atoms with Crippen molar-refractivity contribution in [2.75, 3.05) is 26.2 Å². The number of hydrogen-bond acceptors (Lipinski definition) is 4. The van der Waals surface area contributed by atoms with Gasteiger partial charge in [0.25, 0.3) is 0 Å². The van der Waals surface area contributed by atoms with Gasteiger partial charge < -0.3 is 15.4 Å². The van der Waals surface area contributed by atoms with Gasteiger partial charge in [-0.05, 0) is 19.8 Å². The normalized spacial score (nSPS) is 20.9. The van der Waals surface area contributed by atoms with Crippen LogP contribution in [0.1, 0.15) is 26.2 Å². The van der Waals surface area contributed by atoms with Crippen LogP contribution in [0, 0.1) is 0 Å². The van der Waals surface area contributed by atoms with Crippen LogP contribution in [0.5, 0.6) is 0 Å². The first kappa shape index (κ1) is 13.1. The Morgan fingerprint density at radius 3 is 2.88 bits per heavy atom. The van der Waals surface area contributed by atoms with Gasteiger partial charge in [-0.25, -0.2) is 0 Å². The number of rotatable bonds is 5. The van der Waals surface area contributed by atoms with E-state index in [1.807, 2.05) is 0 Å². The highest BCUT2D eigenvalue weighted by Gasteiger charge is 2.23. The fourth-order valence-electron chi connectivity index (χ4n) is 1.80. The molecule has 1 rings (SSSR count). The zero-order valence-electron chi connectivity index (χ0n) is 9.78. The van der Waals surface area contributed by atoms with E-state index < -0.39 is 0 Å². The number of hydrogen-bond donors (Lipinski definition) is 1. The number of nitrogens with zero attached hydrogens (tertiary/aromatic N) is 1. The zero-order valence-corrected chi connectivity index (χ0v) is 9.78. The SMILES string of the molecule is CC(=O)CCOC1CCCN(C(=O)CN)C1. The average Bonchev–Trinajstić information content (AvgIpc) is 2.28. The highest BCUT2D eigenvalue weighted by atomic mass is 16.5. The maximum absolute atomic E-state index is 11.4. The first-order valence-electron chi connectivity index (χ1n) is 5.72. The lowest BCUT2D eigenvalue weighted by Crippen LogP contribution is -2.45. The van der Waals surface area contributed by atoms with E-state index in [1.54, 1.807) is 11.8 Å². The van der Waals surface area contributed by atoms with Crippen LogP contribution in [0.4, 0.5) is 0 Å². The molecule has 1 atom stereocenters. The van der Waals surface area contributed by atoms with Crippen LogP contribution in [0.3, 0.4) is 0 Å². The van der Waals surface area contributed by atoms with Crippen molar-refractivity contribution in [3.63, 3.8) is 0 Å². The molecule has 0 bridgehead atoms. The molecule has 1 aliphatic rings. The van der Waals surface area contributed by atoms with Crippen molar-refractivity contribution in [1.82, 2.24) is 4.90 Å². The summed E-state index contributed by atoms with van der Waals surface area (Å²) in [6.07, 6.45) is 2.40. The lowest BCUT2D eigenvalue weighted by Gasteiger charge is -2.32. The summed E-state index contributed by atoms with van der Waals surface area (Å²) in [6.45, 7) is 3.43. The maximum Gasteiger partial charge on any atom is 0.236 e. The second kappa shape index (κ2) is 6.60. The van der Waals surface area contributed by atoms with Gasteiger partial charge in [0.1, 0.15) is 5.78 Å². The first-order chi connectivity index (χ1) is 7.63. The van der Waals surface area contributed by atoms with Crippen LogP contribution >= 0.6 is 0 Å². The quantitative estimate of drug-likeness (QED) is 0.715. The van der Waals surface area contributed by atoms with Gasteiger partial charge in [0.05, 0.1) is 19.3 Å². The molecule has 0 spiro atoms. The molecule has 5 nitrogen and oxygen atoms in total. The predicted molar refractivity (Wildman–Crippen MR) is 59.9 cm³/mol. The van der Waals surface area contributed by atoms with Gasteiger partial charge in [0, 0.05) is 19.5 Å². The van der Waals surface area contributed by atoms with Crippen LogP contribution in [0.15, 0.2) is 0 Å². The minimum absolute atomic E-state index is 0.0279. The van der Waals surface area contributed by atoms with Crippen molar-refractivity contribution in [2.24, 2.45) is 5.73 Å². The molecule has 1 fully saturated rings. The number of ketones is 1. The summed E-state index contributed by atoms with van der Waals surface area (Å²) in [5.41, 5.74) is 5.31. The van der Waals surface area contributed by atoms with E-state index in [-0.39, 0.29) is 24.3 Å². The number of amides is 1. The standard InChI is InChI=1S/C11H20N2O3/c1-9(14)4-6-16-10-3-2-5-13(8-10)11(15)7-12/h10H,2-8,12H2,1H3. The van der Waals surface area contributed by atoms with Crippen LogP contribution in [-0.2, 0) is 14.3 Å². The Labute approximate surface area is 95.9 Å². The molecule has 1 amide bonds. The molecule has 1 unspecified atom stereocenters. The molecule has 1 heterocycles. The smallest absolute Gasteiger partial charge is 0.236 e. The third kappa shape index (κ3) is 4.28. The third-order valence-corrected chi connectivity index (χ3v) is 2.71. The van der Waals surface area contributed by atoms with E-state index in [0.717, 1.165) is 19.4 Å². The van der Waals surface area contributed by atoms with E-state index in [2.05, 4.69) is 0 Å². The summed E-state index contributed by atoms with van der Waals surface area (Å²) in [7, 11) is 0. The summed E-state index contributed by atoms with van der Waals surface area (Å²) in [5, 5.41) is 0. The van der Waals surface area contributed by atoms with Crippen molar-refractivity contribution >= 4 is 11.7 Å². The molecule has 0 aromatic rings. The van der Waals surface area contributed by atoms with E-state index >= 15 is 0 Å². The third-order valence-electron chi connectivity index (χ3n) is 2.71. The topological polar surface area (TPSA) is 72.6 Å². The van der Waals surface area contributed by atoms with Crippen molar-refractivity contribution in [3.8, 4) is 0 Å². The molecular weight excluding hydrogens is 208 g/mol. The van der Waals surface area contributed by atoms with Crippen LogP contribution in [0.25, 0.3) is 0 Å². The second-order valence-electron chi connectivity index (χ2n) is 4.13. The van der Waals surface area contributed by atoms with E-state index in [0.29, 0.717) is 19.6 Å². The predicted octanol–water partition coefficient (Wildman–Crippen LogP) is -0.0682. The lowest BCUT2D eigenvalue weighted by molar-refractivity contribution is -0.134. The molecule has 0 radical (unpaired) electrons. The Morgan fingerprint density at radius 1 is 1.50 bits per heavy atom. The number of ether oxygens (including phenoxy) is 1. The Balaban J connectivity index is 2.27.